The Morgan fingerprint density at radius 1 is 1.33 bits per heavy atom. The van der Waals surface area contributed by atoms with Crippen LogP contribution >= 0.6 is 0 Å². The smallest absolute Gasteiger partial charge is 0.0991 e. The van der Waals surface area contributed by atoms with Gasteiger partial charge in [-0.2, -0.15) is 10.5 Å². The van der Waals surface area contributed by atoms with Gasteiger partial charge in [-0.1, -0.05) is 6.08 Å². The van der Waals surface area contributed by atoms with Crippen molar-refractivity contribution in [1.82, 2.24) is 4.57 Å². The zero-order valence-electron chi connectivity index (χ0n) is 10.0. The molecule has 0 saturated heterocycles. The van der Waals surface area contributed by atoms with Gasteiger partial charge in [0.1, 0.15) is 0 Å². The largest absolute Gasteiger partial charge is 0.344 e. The summed E-state index contributed by atoms with van der Waals surface area (Å²) in [5.74, 6) is -0.0613. The molecule has 0 aliphatic heterocycles. The Balaban J connectivity index is 2.32. The van der Waals surface area contributed by atoms with Crippen molar-refractivity contribution in [2.24, 2.45) is 13.0 Å². The Hall–Kier alpha value is -2.52. The molecular weight excluding hydrogens is 222 g/mol. The summed E-state index contributed by atoms with van der Waals surface area (Å²) < 4.78 is 2.12. The van der Waals surface area contributed by atoms with Crippen LogP contribution in [0.3, 0.4) is 0 Å². The van der Waals surface area contributed by atoms with Crippen LogP contribution in [0.5, 0.6) is 0 Å². The van der Waals surface area contributed by atoms with Gasteiger partial charge in [0.2, 0.25) is 0 Å². The molecule has 1 aromatic heterocycles. The second-order valence-corrected chi connectivity index (χ2v) is 4.57. The molecule has 0 saturated carbocycles. The fourth-order valence-corrected chi connectivity index (χ4v) is 2.62. The lowest BCUT2D eigenvalue weighted by atomic mass is 9.92. The molecular formula is C15H11N3. The maximum atomic E-state index is 9.04. The first-order valence-corrected chi connectivity index (χ1v) is 5.84. The molecule has 1 aliphatic carbocycles. The highest BCUT2D eigenvalue weighted by Crippen LogP contribution is 2.32. The van der Waals surface area contributed by atoms with E-state index in [2.05, 4.69) is 16.7 Å². The first-order valence-electron chi connectivity index (χ1n) is 5.84. The van der Waals surface area contributed by atoms with Gasteiger partial charge in [0.05, 0.1) is 23.6 Å². The van der Waals surface area contributed by atoms with E-state index in [9.17, 15) is 0 Å². The number of aryl methyl sites for hydroxylation is 1. The van der Waals surface area contributed by atoms with Gasteiger partial charge in [-0.25, -0.2) is 0 Å². The average Bonchev–Trinajstić information content (AvgIpc) is 2.71. The molecule has 0 N–H and O–H groups in total. The van der Waals surface area contributed by atoms with Crippen LogP contribution in [-0.4, -0.2) is 4.57 Å². The molecule has 18 heavy (non-hydrogen) atoms. The second kappa shape index (κ2) is 3.75. The molecule has 1 aliphatic rings. The minimum absolute atomic E-state index is 0.0613. The predicted molar refractivity (Wildman–Crippen MR) is 69.5 cm³/mol. The van der Waals surface area contributed by atoms with Crippen LogP contribution in [0.15, 0.2) is 24.3 Å². The number of fused-ring (bicyclic) bond motifs is 3. The molecule has 1 unspecified atom stereocenters. The standard InChI is InChI=1S/C15H11N3/c1-18-14-4-2-10(8-16)6-12(14)13-7-11(9-17)3-5-15(13)18/h2-6,11H,7H2,1H3. The molecule has 1 aromatic carbocycles. The number of rotatable bonds is 0. The van der Waals surface area contributed by atoms with Crippen molar-refractivity contribution in [2.45, 2.75) is 6.42 Å². The average molecular weight is 233 g/mol. The maximum Gasteiger partial charge on any atom is 0.0991 e. The summed E-state index contributed by atoms with van der Waals surface area (Å²) in [4.78, 5) is 0. The monoisotopic (exact) mass is 233 g/mol. The van der Waals surface area contributed by atoms with E-state index >= 15 is 0 Å². The Morgan fingerprint density at radius 2 is 2.17 bits per heavy atom. The van der Waals surface area contributed by atoms with Gasteiger partial charge in [-0.15, -0.1) is 0 Å². The summed E-state index contributed by atoms with van der Waals surface area (Å²) in [5.41, 5.74) is 4.10. The molecule has 1 atom stereocenters. The van der Waals surface area contributed by atoms with E-state index in [0.29, 0.717) is 5.56 Å². The molecule has 0 spiro atoms. The first kappa shape index (κ1) is 10.6. The molecule has 3 nitrogen and oxygen atoms in total. The third-order valence-electron chi connectivity index (χ3n) is 3.56. The zero-order valence-corrected chi connectivity index (χ0v) is 10.0. The van der Waals surface area contributed by atoms with E-state index in [1.54, 1.807) is 0 Å². The Bertz CT molecular complexity index is 751. The highest BCUT2D eigenvalue weighted by Gasteiger charge is 2.20. The van der Waals surface area contributed by atoms with Gasteiger partial charge in [0.25, 0.3) is 0 Å². The predicted octanol–water partition coefficient (Wildman–Crippen LogP) is 2.76. The summed E-state index contributed by atoms with van der Waals surface area (Å²) in [6.45, 7) is 0. The SMILES string of the molecule is Cn1c2c(c3cc(C#N)ccc31)CC(C#N)C=C2. The minimum Gasteiger partial charge on any atom is -0.344 e. The van der Waals surface area contributed by atoms with Crippen LogP contribution < -0.4 is 0 Å². The fourth-order valence-electron chi connectivity index (χ4n) is 2.62. The number of benzene rings is 1. The Labute approximate surface area is 105 Å². The number of hydrogen-bond donors (Lipinski definition) is 0. The van der Waals surface area contributed by atoms with Gasteiger partial charge in [0, 0.05) is 23.6 Å². The van der Waals surface area contributed by atoms with Gasteiger partial charge >= 0.3 is 0 Å². The normalized spacial score (nSPS) is 17.2. The third kappa shape index (κ3) is 1.35. The summed E-state index contributed by atoms with van der Waals surface area (Å²) in [6, 6.07) is 10.2. The zero-order chi connectivity index (χ0) is 12.7. The van der Waals surface area contributed by atoms with Crippen LogP contribution in [0.1, 0.15) is 16.8 Å². The second-order valence-electron chi connectivity index (χ2n) is 4.57. The van der Waals surface area contributed by atoms with Gasteiger partial charge in [0.15, 0.2) is 0 Å². The quantitative estimate of drug-likeness (QED) is 0.702. The van der Waals surface area contributed by atoms with Crippen molar-refractivity contribution in [1.29, 1.82) is 10.5 Å². The van der Waals surface area contributed by atoms with E-state index in [0.717, 1.165) is 23.0 Å². The summed E-state index contributed by atoms with van der Waals surface area (Å²) in [6.07, 6.45) is 4.69. The molecule has 0 fully saturated rings. The van der Waals surface area contributed by atoms with Crippen LogP contribution in [-0.2, 0) is 13.5 Å². The maximum absolute atomic E-state index is 9.04. The Kier molecular flexibility index (Phi) is 2.21. The molecule has 1 heterocycles. The van der Waals surface area contributed by atoms with Gasteiger partial charge in [-0.05, 0) is 36.3 Å². The van der Waals surface area contributed by atoms with Crippen molar-refractivity contribution < 1.29 is 0 Å². The van der Waals surface area contributed by atoms with Crippen LogP contribution in [0, 0.1) is 28.6 Å². The van der Waals surface area contributed by atoms with Gasteiger partial charge in [-0.3, -0.25) is 0 Å². The van der Waals surface area contributed by atoms with Crippen molar-refractivity contribution in [3.63, 3.8) is 0 Å². The lowest BCUT2D eigenvalue weighted by molar-refractivity contribution is 0.800. The molecule has 0 radical (unpaired) electrons. The number of nitrogens with zero attached hydrogens (tertiary/aromatic N) is 3. The molecule has 86 valence electrons. The summed E-state index contributed by atoms with van der Waals surface area (Å²) in [7, 11) is 2.02. The van der Waals surface area contributed by atoms with Crippen LogP contribution in [0.4, 0.5) is 0 Å². The molecule has 2 aromatic rings. The summed E-state index contributed by atoms with van der Waals surface area (Å²) >= 11 is 0. The number of allylic oxidation sites excluding steroid dienone is 1. The number of hydrogen-bond acceptors (Lipinski definition) is 2. The lowest BCUT2D eigenvalue weighted by Crippen LogP contribution is -2.05. The van der Waals surface area contributed by atoms with E-state index in [1.807, 2.05) is 37.4 Å². The van der Waals surface area contributed by atoms with E-state index < -0.39 is 0 Å². The third-order valence-corrected chi connectivity index (χ3v) is 3.56. The number of nitriles is 2. The van der Waals surface area contributed by atoms with Crippen molar-refractivity contribution in [3.8, 4) is 12.1 Å². The highest BCUT2D eigenvalue weighted by molar-refractivity contribution is 5.90. The molecule has 3 rings (SSSR count). The van der Waals surface area contributed by atoms with Crippen molar-refractivity contribution in [2.75, 3.05) is 0 Å². The molecule has 3 heteroatoms. The van der Waals surface area contributed by atoms with E-state index in [4.69, 9.17) is 10.5 Å². The highest BCUT2D eigenvalue weighted by atomic mass is 14.9. The van der Waals surface area contributed by atoms with Crippen LogP contribution in [0.25, 0.3) is 17.0 Å². The summed E-state index contributed by atoms with van der Waals surface area (Å²) in [5, 5.41) is 19.1. The first-order chi connectivity index (χ1) is 8.74. The van der Waals surface area contributed by atoms with Crippen molar-refractivity contribution in [3.05, 3.63) is 41.1 Å². The molecule has 0 bridgehead atoms. The number of aromatic nitrogens is 1. The minimum atomic E-state index is -0.0613. The Morgan fingerprint density at radius 3 is 2.89 bits per heavy atom. The fraction of sp³-hybridized carbons (Fsp3) is 0.200. The topological polar surface area (TPSA) is 52.5 Å². The van der Waals surface area contributed by atoms with Gasteiger partial charge < -0.3 is 4.57 Å². The lowest BCUT2D eigenvalue weighted by Gasteiger charge is -2.11. The van der Waals surface area contributed by atoms with Crippen molar-refractivity contribution >= 4 is 17.0 Å². The van der Waals surface area contributed by atoms with Crippen LogP contribution in [0.2, 0.25) is 0 Å². The molecule has 0 amide bonds. The van der Waals surface area contributed by atoms with E-state index in [1.165, 1.54) is 5.56 Å². The van der Waals surface area contributed by atoms with E-state index in [-0.39, 0.29) is 5.92 Å².